The summed E-state index contributed by atoms with van der Waals surface area (Å²) < 4.78 is 30.9. The summed E-state index contributed by atoms with van der Waals surface area (Å²) in [5.41, 5.74) is 2.04. The number of fused-ring (bicyclic) bond motifs is 1. The summed E-state index contributed by atoms with van der Waals surface area (Å²) in [5.74, 6) is 0. The first-order valence-corrected chi connectivity index (χ1v) is 13.3. The number of H-pyrrole nitrogens is 1. The zero-order valence-electron chi connectivity index (χ0n) is 19.8. The van der Waals surface area contributed by atoms with Gasteiger partial charge in [-0.05, 0) is 18.9 Å². The van der Waals surface area contributed by atoms with Crippen LogP contribution in [0.25, 0.3) is 22.3 Å². The van der Waals surface area contributed by atoms with Crippen LogP contribution in [0, 0.1) is 11.3 Å². The predicted octanol–water partition coefficient (Wildman–Crippen LogP) is 1.33. The van der Waals surface area contributed by atoms with Gasteiger partial charge in [-0.15, -0.1) is 0 Å². The van der Waals surface area contributed by atoms with Crippen molar-refractivity contribution in [1.82, 2.24) is 43.5 Å². The summed E-state index contributed by atoms with van der Waals surface area (Å²) in [6, 6.07) is 4.55. The molecule has 6 rings (SSSR count). The van der Waals surface area contributed by atoms with Crippen molar-refractivity contribution in [2.45, 2.75) is 35.9 Å². The molecule has 186 valence electrons. The Labute approximate surface area is 208 Å². The number of imidazole rings is 1. The van der Waals surface area contributed by atoms with Crippen molar-refractivity contribution in [2.75, 3.05) is 26.2 Å². The molecule has 0 aliphatic carbocycles. The lowest BCUT2D eigenvalue weighted by Crippen LogP contribution is -2.66. The quantitative estimate of drug-likeness (QED) is 0.413. The molecule has 0 saturated carbocycles. The highest BCUT2D eigenvalue weighted by Crippen LogP contribution is 2.37. The lowest BCUT2D eigenvalue weighted by molar-refractivity contribution is -0.0382. The normalized spacial score (nSPS) is 19.3. The van der Waals surface area contributed by atoms with Crippen LogP contribution in [0.4, 0.5) is 0 Å². The van der Waals surface area contributed by atoms with E-state index in [1.165, 1.54) is 23.2 Å². The van der Waals surface area contributed by atoms with E-state index in [1.807, 2.05) is 23.1 Å². The first-order chi connectivity index (χ1) is 17.4. The largest absolute Gasteiger partial charge is 0.346 e. The Morgan fingerprint density at radius 1 is 1.19 bits per heavy atom. The van der Waals surface area contributed by atoms with Crippen molar-refractivity contribution in [3.05, 3.63) is 43.5 Å². The molecular weight excluding hydrogens is 480 g/mol. The zero-order valence-corrected chi connectivity index (χ0v) is 20.6. The first-order valence-electron chi connectivity index (χ1n) is 11.8. The van der Waals surface area contributed by atoms with E-state index < -0.39 is 15.6 Å². The smallest absolute Gasteiger partial charge is 0.262 e. The molecule has 36 heavy (non-hydrogen) atoms. The van der Waals surface area contributed by atoms with Crippen molar-refractivity contribution < 1.29 is 8.42 Å². The van der Waals surface area contributed by atoms with E-state index in [2.05, 4.69) is 36.0 Å². The molecule has 0 radical (unpaired) electrons. The van der Waals surface area contributed by atoms with Gasteiger partial charge in [0, 0.05) is 68.8 Å². The standard InChI is InChI=1S/C23H26N10O2S/c1-30-12-20(28-16-30)36(34,35)32-8-3-18(4-9-32)31-13-23(14-31,5-6-24)33-11-17(10-29-33)21-19-2-7-25-22(19)27-15-26-21/h2,7,10-12,15-16,18H,3-5,8-9,13-14H2,1H3,(H,25,26,27). The minimum absolute atomic E-state index is 0.0931. The molecule has 13 heteroatoms. The average Bonchev–Trinajstić information content (AvgIpc) is 3.62. The molecule has 0 atom stereocenters. The van der Waals surface area contributed by atoms with Crippen LogP contribution in [0.3, 0.4) is 0 Å². The van der Waals surface area contributed by atoms with Crippen molar-refractivity contribution in [1.29, 1.82) is 5.26 Å². The second kappa shape index (κ2) is 8.51. The molecule has 12 nitrogen and oxygen atoms in total. The van der Waals surface area contributed by atoms with Gasteiger partial charge in [0.1, 0.15) is 17.5 Å². The number of aromatic amines is 1. The molecule has 1 N–H and O–H groups in total. The summed E-state index contributed by atoms with van der Waals surface area (Å²) in [4.78, 5) is 18.2. The van der Waals surface area contributed by atoms with E-state index in [0.717, 1.165) is 35.1 Å². The van der Waals surface area contributed by atoms with E-state index in [9.17, 15) is 13.7 Å². The number of sulfonamides is 1. The maximum Gasteiger partial charge on any atom is 0.262 e. The topological polar surface area (TPSA) is 142 Å². The van der Waals surface area contributed by atoms with Crippen LogP contribution in [-0.4, -0.2) is 84.1 Å². The molecule has 4 aromatic rings. The number of piperidine rings is 1. The van der Waals surface area contributed by atoms with Gasteiger partial charge in [-0.25, -0.2) is 23.4 Å². The molecule has 2 fully saturated rings. The summed E-state index contributed by atoms with van der Waals surface area (Å²) in [5, 5.41) is 15.2. The fourth-order valence-electron chi connectivity index (χ4n) is 5.36. The fourth-order valence-corrected chi connectivity index (χ4v) is 6.80. The highest BCUT2D eigenvalue weighted by molar-refractivity contribution is 7.89. The third-order valence-electron chi connectivity index (χ3n) is 7.32. The van der Waals surface area contributed by atoms with Crippen molar-refractivity contribution in [3.8, 4) is 17.3 Å². The summed E-state index contributed by atoms with van der Waals surface area (Å²) >= 11 is 0. The number of nitrogens with zero attached hydrogens (tertiary/aromatic N) is 9. The van der Waals surface area contributed by atoms with Gasteiger partial charge in [-0.1, -0.05) is 0 Å². The maximum absolute atomic E-state index is 12.9. The molecule has 6 heterocycles. The molecule has 0 unspecified atom stereocenters. The summed E-state index contributed by atoms with van der Waals surface area (Å²) in [6.07, 6.45) is 12.0. The second-order valence-corrected chi connectivity index (χ2v) is 11.5. The van der Waals surface area contributed by atoms with Gasteiger partial charge < -0.3 is 9.55 Å². The highest BCUT2D eigenvalue weighted by atomic mass is 32.2. The maximum atomic E-state index is 12.9. The van der Waals surface area contributed by atoms with Gasteiger partial charge in [0.05, 0.1) is 30.7 Å². The summed E-state index contributed by atoms with van der Waals surface area (Å²) in [6.45, 7) is 2.31. The lowest BCUT2D eigenvalue weighted by atomic mass is 9.84. The number of aryl methyl sites for hydroxylation is 1. The Bertz CT molecular complexity index is 1550. The Hall–Kier alpha value is -3.60. The van der Waals surface area contributed by atoms with Crippen molar-refractivity contribution in [3.63, 3.8) is 0 Å². The number of nitrogens with one attached hydrogen (secondary N) is 1. The van der Waals surface area contributed by atoms with Gasteiger partial charge in [-0.2, -0.15) is 14.7 Å². The zero-order chi connectivity index (χ0) is 24.9. The lowest BCUT2D eigenvalue weighted by Gasteiger charge is -2.53. The van der Waals surface area contributed by atoms with Crippen LogP contribution in [0.1, 0.15) is 19.3 Å². The van der Waals surface area contributed by atoms with E-state index in [-0.39, 0.29) is 11.1 Å². The van der Waals surface area contributed by atoms with Crippen LogP contribution in [0.5, 0.6) is 0 Å². The molecular formula is C23H26N10O2S. The third-order valence-corrected chi connectivity index (χ3v) is 9.11. The number of aromatic nitrogens is 7. The predicted molar refractivity (Wildman–Crippen MR) is 130 cm³/mol. The van der Waals surface area contributed by atoms with Crippen molar-refractivity contribution >= 4 is 21.1 Å². The summed E-state index contributed by atoms with van der Waals surface area (Å²) in [7, 11) is -1.82. The van der Waals surface area contributed by atoms with E-state index in [0.29, 0.717) is 32.6 Å². The highest BCUT2D eigenvalue weighted by Gasteiger charge is 2.48. The molecule has 2 aliphatic heterocycles. The Balaban J connectivity index is 1.14. The van der Waals surface area contributed by atoms with Crippen LogP contribution in [-0.2, 0) is 22.6 Å². The van der Waals surface area contributed by atoms with Crippen molar-refractivity contribution in [2.24, 2.45) is 7.05 Å². The second-order valence-electron chi connectivity index (χ2n) is 9.61. The van der Waals surface area contributed by atoms with E-state index >= 15 is 0 Å². The molecule has 0 aromatic carbocycles. The van der Waals surface area contributed by atoms with Crippen LogP contribution < -0.4 is 0 Å². The van der Waals surface area contributed by atoms with E-state index in [4.69, 9.17) is 0 Å². The van der Waals surface area contributed by atoms with E-state index in [1.54, 1.807) is 17.8 Å². The van der Waals surface area contributed by atoms with Crippen LogP contribution in [0.2, 0.25) is 0 Å². The Kier molecular flexibility index (Phi) is 5.40. The van der Waals surface area contributed by atoms with Gasteiger partial charge in [0.2, 0.25) is 0 Å². The van der Waals surface area contributed by atoms with Crippen LogP contribution >= 0.6 is 0 Å². The Morgan fingerprint density at radius 2 is 2.00 bits per heavy atom. The average molecular weight is 507 g/mol. The van der Waals surface area contributed by atoms with Gasteiger partial charge in [0.15, 0.2) is 5.03 Å². The molecule has 2 saturated heterocycles. The van der Waals surface area contributed by atoms with Gasteiger partial charge >= 0.3 is 0 Å². The molecule has 0 amide bonds. The molecule has 0 spiro atoms. The first kappa shape index (κ1) is 22.8. The minimum Gasteiger partial charge on any atom is -0.346 e. The minimum atomic E-state index is -3.58. The molecule has 4 aromatic heterocycles. The van der Waals surface area contributed by atoms with Gasteiger partial charge in [-0.3, -0.25) is 9.58 Å². The number of hydrogen-bond acceptors (Lipinski definition) is 8. The molecule has 2 aliphatic rings. The molecule has 0 bridgehead atoms. The number of hydrogen-bond donors (Lipinski definition) is 1. The third kappa shape index (κ3) is 3.69. The number of likely N-dealkylation sites (tertiary alicyclic amines) is 1. The SMILES string of the molecule is Cn1cnc(S(=O)(=O)N2CCC(N3CC(CC#N)(n4cc(-c5ncnc6[nH]ccc56)cn4)C3)CC2)c1. The monoisotopic (exact) mass is 506 g/mol. The Morgan fingerprint density at radius 3 is 2.72 bits per heavy atom. The van der Waals surface area contributed by atoms with Crippen LogP contribution in [0.15, 0.2) is 48.5 Å². The fraction of sp³-hybridized carbons (Fsp3) is 0.435. The number of rotatable bonds is 6. The number of nitriles is 1. The van der Waals surface area contributed by atoms with Gasteiger partial charge in [0.25, 0.3) is 10.0 Å².